The first-order valence-electron chi connectivity index (χ1n) is 12.9. The van der Waals surface area contributed by atoms with Crippen molar-refractivity contribution in [1.82, 2.24) is 15.3 Å². The van der Waals surface area contributed by atoms with Gasteiger partial charge in [-0.1, -0.05) is 40.0 Å². The molecule has 33 heavy (non-hydrogen) atoms. The lowest BCUT2D eigenvalue weighted by Gasteiger charge is -2.22. The molecule has 0 aliphatic heterocycles. The van der Waals surface area contributed by atoms with E-state index < -0.39 is 0 Å². The maximum atomic E-state index is 12.2. The lowest BCUT2D eigenvalue weighted by Crippen LogP contribution is -2.36. The van der Waals surface area contributed by atoms with Crippen LogP contribution in [0.4, 0.5) is 4.79 Å². The van der Waals surface area contributed by atoms with Gasteiger partial charge in [-0.25, -0.2) is 4.79 Å². The molecule has 0 aromatic heterocycles. The van der Waals surface area contributed by atoms with E-state index in [0.29, 0.717) is 38.7 Å². The van der Waals surface area contributed by atoms with Crippen molar-refractivity contribution in [3.8, 4) is 0 Å². The van der Waals surface area contributed by atoms with Crippen LogP contribution in [0.2, 0.25) is 0 Å². The number of ether oxygens (including phenoxy) is 2. The second-order valence-corrected chi connectivity index (χ2v) is 9.28. The Hall–Kier alpha value is -1.38. The Morgan fingerprint density at radius 3 is 2.24 bits per heavy atom. The van der Waals surface area contributed by atoms with Gasteiger partial charge < -0.3 is 24.5 Å². The van der Waals surface area contributed by atoms with Crippen molar-refractivity contribution >= 4 is 12.1 Å². The summed E-state index contributed by atoms with van der Waals surface area (Å²) in [5.74, 6) is 0.501. The highest BCUT2D eigenvalue weighted by molar-refractivity contribution is 5.69. The highest BCUT2D eigenvalue weighted by Crippen LogP contribution is 2.07. The number of hydroxylamine groups is 2. The summed E-state index contributed by atoms with van der Waals surface area (Å²) < 4.78 is 10.4. The standard InChI is InChI=1S/C25H51N3O5/c1-6-20-31-21-22-32-24(29)15-10-8-7-9-11-16-26-25(30)33-28(18-12-14-23(2)3)19-13-17-27(4)5/h23H,6-22H2,1-5H3,(H,26,30). The number of esters is 1. The zero-order chi connectivity index (χ0) is 24.7. The molecular weight excluding hydrogens is 422 g/mol. The first kappa shape index (κ1) is 31.6. The number of carbonyl (C=O) groups excluding carboxylic acids is 2. The number of nitrogens with zero attached hydrogens (tertiary/aromatic N) is 2. The number of rotatable bonds is 22. The Bertz CT molecular complexity index is 461. The van der Waals surface area contributed by atoms with E-state index in [0.717, 1.165) is 77.4 Å². The van der Waals surface area contributed by atoms with Crippen molar-refractivity contribution in [2.75, 3.05) is 60.1 Å². The zero-order valence-electron chi connectivity index (χ0n) is 22.0. The molecule has 196 valence electrons. The third-order valence-electron chi connectivity index (χ3n) is 5.08. The lowest BCUT2D eigenvalue weighted by molar-refractivity contribution is -0.145. The third kappa shape index (κ3) is 23.6. The van der Waals surface area contributed by atoms with E-state index in [1.165, 1.54) is 0 Å². The molecule has 1 amide bonds. The topological polar surface area (TPSA) is 80.3 Å². The molecule has 0 aromatic carbocycles. The molecule has 0 aliphatic carbocycles. The first-order chi connectivity index (χ1) is 15.8. The average molecular weight is 474 g/mol. The lowest BCUT2D eigenvalue weighted by atomic mass is 10.1. The van der Waals surface area contributed by atoms with E-state index >= 15 is 0 Å². The normalized spacial score (nSPS) is 11.4. The molecule has 0 spiro atoms. The predicted molar refractivity (Wildman–Crippen MR) is 133 cm³/mol. The van der Waals surface area contributed by atoms with Crippen LogP contribution < -0.4 is 5.32 Å². The van der Waals surface area contributed by atoms with Gasteiger partial charge in [-0.05, 0) is 65.1 Å². The minimum Gasteiger partial charge on any atom is -0.463 e. The van der Waals surface area contributed by atoms with Gasteiger partial charge in [0.25, 0.3) is 0 Å². The average Bonchev–Trinajstić information content (AvgIpc) is 2.74. The molecular formula is C25H51N3O5. The van der Waals surface area contributed by atoms with Crippen molar-refractivity contribution in [2.24, 2.45) is 5.92 Å². The molecule has 8 heteroatoms. The number of hydrogen-bond donors (Lipinski definition) is 1. The van der Waals surface area contributed by atoms with E-state index in [1.807, 2.05) is 21.0 Å². The van der Waals surface area contributed by atoms with Gasteiger partial charge in [-0.3, -0.25) is 4.79 Å². The molecule has 0 radical (unpaired) electrons. The quantitative estimate of drug-likeness (QED) is 0.139. The smallest absolute Gasteiger partial charge is 0.426 e. The fraction of sp³-hybridized carbons (Fsp3) is 0.920. The summed E-state index contributed by atoms with van der Waals surface area (Å²) in [7, 11) is 4.10. The molecule has 0 saturated carbocycles. The van der Waals surface area contributed by atoms with Gasteiger partial charge in [0.2, 0.25) is 0 Å². The van der Waals surface area contributed by atoms with Crippen molar-refractivity contribution in [3.05, 3.63) is 0 Å². The second kappa shape index (κ2) is 22.4. The van der Waals surface area contributed by atoms with Crippen molar-refractivity contribution in [2.45, 2.75) is 85.0 Å². The van der Waals surface area contributed by atoms with Crippen molar-refractivity contribution in [1.29, 1.82) is 0 Å². The molecule has 0 rings (SSSR count). The number of amides is 1. The Labute approximate surface area is 202 Å². The molecule has 0 atom stereocenters. The summed E-state index contributed by atoms with van der Waals surface area (Å²) in [4.78, 5) is 31.5. The minimum atomic E-state index is -0.366. The number of unbranched alkanes of at least 4 members (excludes halogenated alkanes) is 4. The van der Waals surface area contributed by atoms with Crippen LogP contribution in [0.3, 0.4) is 0 Å². The van der Waals surface area contributed by atoms with Crippen molar-refractivity contribution in [3.63, 3.8) is 0 Å². The molecule has 0 aromatic rings. The summed E-state index contributed by atoms with van der Waals surface area (Å²) in [5, 5.41) is 4.66. The summed E-state index contributed by atoms with van der Waals surface area (Å²) in [6, 6.07) is 0. The van der Waals surface area contributed by atoms with E-state index in [4.69, 9.17) is 14.3 Å². The van der Waals surface area contributed by atoms with Crippen LogP contribution in [0.5, 0.6) is 0 Å². The number of nitrogens with one attached hydrogen (secondary N) is 1. The maximum Gasteiger partial charge on any atom is 0.426 e. The SMILES string of the molecule is CCCOCCOC(=O)CCCCCCCNC(=O)ON(CCCC(C)C)CCCN(C)C. The number of carbonyl (C=O) groups is 2. The van der Waals surface area contributed by atoms with Gasteiger partial charge in [0.15, 0.2) is 0 Å². The fourth-order valence-electron chi connectivity index (χ4n) is 3.24. The summed E-state index contributed by atoms with van der Waals surface area (Å²) in [5.41, 5.74) is 0. The van der Waals surface area contributed by atoms with E-state index in [-0.39, 0.29) is 12.1 Å². The largest absolute Gasteiger partial charge is 0.463 e. The monoisotopic (exact) mass is 473 g/mol. The van der Waals surface area contributed by atoms with Gasteiger partial charge >= 0.3 is 12.1 Å². The first-order valence-corrected chi connectivity index (χ1v) is 12.9. The van der Waals surface area contributed by atoms with Crippen LogP contribution in [0, 0.1) is 5.92 Å². The van der Waals surface area contributed by atoms with E-state index in [2.05, 4.69) is 24.1 Å². The van der Waals surface area contributed by atoms with Crippen LogP contribution in [0.1, 0.15) is 85.0 Å². The minimum absolute atomic E-state index is 0.150. The molecule has 0 unspecified atom stereocenters. The zero-order valence-corrected chi connectivity index (χ0v) is 22.0. The Balaban J connectivity index is 3.79. The van der Waals surface area contributed by atoms with E-state index in [9.17, 15) is 9.59 Å². The van der Waals surface area contributed by atoms with Crippen molar-refractivity contribution < 1.29 is 23.9 Å². The maximum absolute atomic E-state index is 12.2. The Morgan fingerprint density at radius 2 is 1.55 bits per heavy atom. The molecule has 0 fully saturated rings. The van der Waals surface area contributed by atoms with Crippen LogP contribution in [0.25, 0.3) is 0 Å². The van der Waals surface area contributed by atoms with Gasteiger partial charge in [0.05, 0.1) is 6.61 Å². The Kier molecular flexibility index (Phi) is 21.5. The summed E-state index contributed by atoms with van der Waals surface area (Å²) in [6.45, 7) is 11.1. The summed E-state index contributed by atoms with van der Waals surface area (Å²) >= 11 is 0. The highest BCUT2D eigenvalue weighted by atomic mass is 16.7. The van der Waals surface area contributed by atoms with Crippen LogP contribution in [0.15, 0.2) is 0 Å². The third-order valence-corrected chi connectivity index (χ3v) is 5.08. The van der Waals surface area contributed by atoms with Crippen LogP contribution in [-0.2, 0) is 19.1 Å². The predicted octanol–water partition coefficient (Wildman–Crippen LogP) is 4.63. The van der Waals surface area contributed by atoms with Gasteiger partial charge in [-0.2, -0.15) is 0 Å². The molecule has 8 nitrogen and oxygen atoms in total. The highest BCUT2D eigenvalue weighted by Gasteiger charge is 2.12. The molecule has 1 N–H and O–H groups in total. The van der Waals surface area contributed by atoms with Crippen LogP contribution >= 0.6 is 0 Å². The number of hydrogen-bond acceptors (Lipinski definition) is 7. The van der Waals surface area contributed by atoms with Gasteiger partial charge in [0.1, 0.15) is 6.61 Å². The van der Waals surface area contributed by atoms with Gasteiger partial charge in [-0.15, -0.1) is 5.06 Å². The molecule has 0 heterocycles. The second-order valence-electron chi connectivity index (χ2n) is 9.28. The molecule has 0 aliphatic rings. The van der Waals surface area contributed by atoms with E-state index in [1.54, 1.807) is 5.06 Å². The molecule has 0 saturated heterocycles. The summed E-state index contributed by atoms with van der Waals surface area (Å²) in [6.07, 6.45) is 8.95. The van der Waals surface area contributed by atoms with Crippen LogP contribution in [-0.4, -0.2) is 82.1 Å². The fourth-order valence-corrected chi connectivity index (χ4v) is 3.24. The van der Waals surface area contributed by atoms with Gasteiger partial charge in [0, 0.05) is 32.7 Å². The molecule has 0 bridgehead atoms. The Morgan fingerprint density at radius 1 is 0.848 bits per heavy atom.